The Labute approximate surface area is 136 Å². The molecular formula is C17H24N4O2. The Balaban J connectivity index is 1.38. The Bertz CT molecular complexity index is 578. The van der Waals surface area contributed by atoms with E-state index in [2.05, 4.69) is 14.8 Å². The number of carbonyl (C=O) groups is 1. The highest BCUT2D eigenvalue weighted by Gasteiger charge is 2.38. The number of hydrogen-bond donors (Lipinski definition) is 1. The quantitative estimate of drug-likeness (QED) is 0.868. The summed E-state index contributed by atoms with van der Waals surface area (Å²) >= 11 is 0. The summed E-state index contributed by atoms with van der Waals surface area (Å²) in [5, 5.41) is 9.81. The third-order valence-electron chi connectivity index (χ3n) is 5.68. The van der Waals surface area contributed by atoms with Crippen molar-refractivity contribution in [3.63, 3.8) is 0 Å². The van der Waals surface area contributed by atoms with Crippen molar-refractivity contribution < 1.29 is 9.90 Å². The maximum absolute atomic E-state index is 12.5. The summed E-state index contributed by atoms with van der Waals surface area (Å²) in [5.41, 5.74) is 0.170. The van der Waals surface area contributed by atoms with Crippen molar-refractivity contribution in [1.82, 2.24) is 19.7 Å². The molecule has 4 saturated heterocycles. The van der Waals surface area contributed by atoms with E-state index in [1.807, 2.05) is 4.90 Å². The average Bonchev–Trinajstić information content (AvgIpc) is 2.63. The van der Waals surface area contributed by atoms with E-state index in [1.54, 1.807) is 12.3 Å². The topological polar surface area (TPSA) is 59.9 Å². The minimum Gasteiger partial charge on any atom is -0.505 e. The number of aromatic nitrogens is 1. The highest BCUT2D eigenvalue weighted by atomic mass is 16.3. The second kappa shape index (κ2) is 6.09. The van der Waals surface area contributed by atoms with Crippen molar-refractivity contribution >= 4 is 5.91 Å². The van der Waals surface area contributed by atoms with Crippen LogP contribution in [0.4, 0.5) is 0 Å². The van der Waals surface area contributed by atoms with E-state index >= 15 is 0 Å². The largest absolute Gasteiger partial charge is 0.505 e. The molecule has 1 unspecified atom stereocenters. The second-order valence-electron chi connectivity index (χ2n) is 6.90. The average molecular weight is 316 g/mol. The molecule has 5 heterocycles. The molecule has 1 N–H and O–H groups in total. The predicted molar refractivity (Wildman–Crippen MR) is 86.3 cm³/mol. The van der Waals surface area contributed by atoms with Crippen molar-refractivity contribution in [2.75, 3.05) is 45.8 Å². The SMILES string of the molecule is O=C(c1ncccc1O)N1CCN(C2CN3CCC2CC3)CC1. The van der Waals surface area contributed by atoms with Crippen LogP contribution in [0, 0.1) is 5.92 Å². The van der Waals surface area contributed by atoms with Crippen LogP contribution in [0.2, 0.25) is 0 Å². The fourth-order valence-electron chi connectivity index (χ4n) is 4.32. The molecule has 0 aliphatic carbocycles. The number of nitrogens with zero attached hydrogens (tertiary/aromatic N) is 4. The standard InChI is InChI=1S/C17H24N4O2/c22-15-2-1-5-18-16(15)17(23)21-10-8-20(9-11-21)14-12-19-6-3-13(14)4-7-19/h1-2,5,13-14,22H,3-4,6-12H2. The lowest BCUT2D eigenvalue weighted by molar-refractivity contribution is -0.0132. The Hall–Kier alpha value is -1.66. The predicted octanol–water partition coefficient (Wildman–Crippen LogP) is 0.639. The number of pyridine rings is 1. The van der Waals surface area contributed by atoms with E-state index in [1.165, 1.54) is 38.5 Å². The number of hydrogen-bond acceptors (Lipinski definition) is 5. The van der Waals surface area contributed by atoms with Gasteiger partial charge < -0.3 is 14.9 Å². The molecule has 2 bridgehead atoms. The number of carbonyl (C=O) groups excluding carboxylic acids is 1. The second-order valence-corrected chi connectivity index (χ2v) is 6.90. The zero-order valence-electron chi connectivity index (χ0n) is 13.4. The number of piperidine rings is 3. The molecule has 1 aromatic heterocycles. The maximum Gasteiger partial charge on any atom is 0.276 e. The van der Waals surface area contributed by atoms with Crippen molar-refractivity contribution in [1.29, 1.82) is 0 Å². The van der Waals surface area contributed by atoms with Gasteiger partial charge in [-0.1, -0.05) is 0 Å². The minimum absolute atomic E-state index is 0.0303. The van der Waals surface area contributed by atoms with Gasteiger partial charge in [0.15, 0.2) is 5.69 Å². The van der Waals surface area contributed by atoms with Crippen molar-refractivity contribution in [2.45, 2.75) is 18.9 Å². The first-order chi connectivity index (χ1) is 11.2. The third kappa shape index (κ3) is 2.81. The molecule has 0 aromatic carbocycles. The molecule has 1 amide bonds. The summed E-state index contributed by atoms with van der Waals surface area (Å²) < 4.78 is 0. The molecule has 6 heteroatoms. The number of aromatic hydroxyl groups is 1. The summed E-state index contributed by atoms with van der Waals surface area (Å²) in [4.78, 5) is 23.5. The molecule has 0 saturated carbocycles. The number of piperazine rings is 1. The van der Waals surface area contributed by atoms with E-state index in [9.17, 15) is 9.90 Å². The van der Waals surface area contributed by atoms with Gasteiger partial charge in [0.2, 0.25) is 0 Å². The molecule has 0 radical (unpaired) electrons. The molecular weight excluding hydrogens is 292 g/mol. The zero-order chi connectivity index (χ0) is 15.8. The van der Waals surface area contributed by atoms with Crippen molar-refractivity contribution in [3.05, 3.63) is 24.0 Å². The summed E-state index contributed by atoms with van der Waals surface area (Å²) in [5.74, 6) is 0.649. The fourth-order valence-corrected chi connectivity index (χ4v) is 4.32. The molecule has 5 rings (SSSR count). The molecule has 1 atom stereocenters. The van der Waals surface area contributed by atoms with Crippen LogP contribution in [-0.4, -0.2) is 82.6 Å². The zero-order valence-corrected chi connectivity index (χ0v) is 13.4. The van der Waals surface area contributed by atoms with Gasteiger partial charge in [-0.05, 0) is 44.0 Å². The van der Waals surface area contributed by atoms with Gasteiger partial charge in [-0.2, -0.15) is 0 Å². The third-order valence-corrected chi connectivity index (χ3v) is 5.68. The van der Waals surface area contributed by atoms with Crippen LogP contribution < -0.4 is 0 Å². The number of rotatable bonds is 2. The van der Waals surface area contributed by atoms with Gasteiger partial charge in [0.25, 0.3) is 5.91 Å². The highest BCUT2D eigenvalue weighted by Crippen LogP contribution is 2.31. The van der Waals surface area contributed by atoms with E-state index in [4.69, 9.17) is 0 Å². The van der Waals surface area contributed by atoms with E-state index in [-0.39, 0.29) is 17.4 Å². The van der Waals surface area contributed by atoms with Gasteiger partial charge >= 0.3 is 0 Å². The molecule has 4 aliphatic rings. The molecule has 23 heavy (non-hydrogen) atoms. The first-order valence-electron chi connectivity index (χ1n) is 8.62. The molecule has 1 aromatic rings. The van der Waals surface area contributed by atoms with E-state index in [0.29, 0.717) is 6.04 Å². The maximum atomic E-state index is 12.5. The lowest BCUT2D eigenvalue weighted by Gasteiger charge is -2.50. The number of fused-ring (bicyclic) bond motifs is 3. The van der Waals surface area contributed by atoms with Crippen LogP contribution in [0.25, 0.3) is 0 Å². The van der Waals surface area contributed by atoms with Gasteiger partial charge in [-0.15, -0.1) is 0 Å². The molecule has 6 nitrogen and oxygen atoms in total. The van der Waals surface area contributed by atoms with Gasteiger partial charge in [0.05, 0.1) is 0 Å². The molecule has 4 aliphatic heterocycles. The van der Waals surface area contributed by atoms with Crippen molar-refractivity contribution in [3.8, 4) is 5.75 Å². The Kier molecular flexibility index (Phi) is 3.95. The summed E-state index contributed by atoms with van der Waals surface area (Å²) in [7, 11) is 0. The Morgan fingerprint density at radius 1 is 1.13 bits per heavy atom. The van der Waals surface area contributed by atoms with Crippen LogP contribution >= 0.6 is 0 Å². The highest BCUT2D eigenvalue weighted by molar-refractivity contribution is 5.94. The molecule has 124 valence electrons. The molecule has 0 spiro atoms. The normalized spacial score (nSPS) is 31.3. The van der Waals surface area contributed by atoms with Crippen LogP contribution in [0.3, 0.4) is 0 Å². The summed E-state index contributed by atoms with van der Waals surface area (Å²) in [6.45, 7) is 7.01. The van der Waals surface area contributed by atoms with Crippen LogP contribution in [0.1, 0.15) is 23.3 Å². The summed E-state index contributed by atoms with van der Waals surface area (Å²) in [6.07, 6.45) is 4.20. The van der Waals surface area contributed by atoms with Crippen LogP contribution in [0.15, 0.2) is 18.3 Å². The summed E-state index contributed by atoms with van der Waals surface area (Å²) in [6, 6.07) is 3.82. The van der Waals surface area contributed by atoms with Gasteiger partial charge in [0, 0.05) is 45.0 Å². The van der Waals surface area contributed by atoms with E-state index < -0.39 is 0 Å². The van der Waals surface area contributed by atoms with E-state index in [0.717, 1.165) is 32.1 Å². The number of amides is 1. The van der Waals surface area contributed by atoms with Gasteiger partial charge in [-0.25, -0.2) is 4.98 Å². The Morgan fingerprint density at radius 2 is 1.87 bits per heavy atom. The lowest BCUT2D eigenvalue weighted by atomic mass is 9.83. The van der Waals surface area contributed by atoms with Crippen LogP contribution in [0.5, 0.6) is 5.75 Å². The fraction of sp³-hybridized carbons (Fsp3) is 0.647. The Morgan fingerprint density at radius 3 is 2.48 bits per heavy atom. The van der Waals surface area contributed by atoms with Gasteiger partial charge in [0.1, 0.15) is 5.75 Å². The van der Waals surface area contributed by atoms with Crippen molar-refractivity contribution in [2.24, 2.45) is 5.92 Å². The lowest BCUT2D eigenvalue weighted by Crippen LogP contribution is -2.61. The smallest absolute Gasteiger partial charge is 0.276 e. The monoisotopic (exact) mass is 316 g/mol. The minimum atomic E-state index is -0.156. The molecule has 4 fully saturated rings. The van der Waals surface area contributed by atoms with Crippen LogP contribution in [-0.2, 0) is 0 Å². The van der Waals surface area contributed by atoms with Gasteiger partial charge in [-0.3, -0.25) is 9.69 Å². The first-order valence-corrected chi connectivity index (χ1v) is 8.62. The first kappa shape index (κ1) is 14.9.